The van der Waals surface area contributed by atoms with Crippen molar-refractivity contribution >= 4 is 11.4 Å². The Balaban J connectivity index is 1.40. The average Bonchev–Trinajstić information content (AvgIpc) is 3.27. The van der Waals surface area contributed by atoms with Crippen LogP contribution in [-0.2, 0) is 17.8 Å². The molecule has 0 aliphatic heterocycles. The second kappa shape index (κ2) is 9.34. The van der Waals surface area contributed by atoms with Gasteiger partial charge in [0, 0.05) is 12.1 Å². The Bertz CT molecular complexity index is 1300. The van der Waals surface area contributed by atoms with E-state index in [0.29, 0.717) is 35.7 Å². The van der Waals surface area contributed by atoms with Gasteiger partial charge in [0.15, 0.2) is 11.5 Å². The third kappa shape index (κ3) is 4.46. The molecule has 1 amide bonds. The minimum atomic E-state index is -0.378. The van der Waals surface area contributed by atoms with Crippen molar-refractivity contribution in [2.45, 2.75) is 13.0 Å². The number of benzene rings is 2. The third-order valence-electron chi connectivity index (χ3n) is 5.04. The minimum absolute atomic E-state index is 0.173. The summed E-state index contributed by atoms with van der Waals surface area (Å²) < 4.78 is 13.1. The molecule has 1 N–H and O–H groups in total. The number of carbonyl (C=O) groups is 1. The van der Waals surface area contributed by atoms with E-state index in [0.717, 1.165) is 15.8 Å². The van der Waals surface area contributed by atoms with E-state index < -0.39 is 0 Å². The molecular formula is C23H23N5O4. The van der Waals surface area contributed by atoms with Gasteiger partial charge in [0.05, 0.1) is 19.9 Å². The maximum atomic E-state index is 12.8. The zero-order chi connectivity index (χ0) is 22.5. The van der Waals surface area contributed by atoms with Gasteiger partial charge in [0.2, 0.25) is 5.91 Å². The fourth-order valence-corrected chi connectivity index (χ4v) is 3.38. The Labute approximate surface area is 184 Å². The van der Waals surface area contributed by atoms with Gasteiger partial charge in [-0.1, -0.05) is 36.4 Å². The Hall–Kier alpha value is -4.14. The van der Waals surface area contributed by atoms with E-state index in [-0.39, 0.29) is 18.0 Å². The first kappa shape index (κ1) is 21.1. The van der Waals surface area contributed by atoms with Gasteiger partial charge in [0.1, 0.15) is 18.4 Å². The number of methoxy groups -OCH3 is 2. The maximum Gasteiger partial charge on any atom is 0.293 e. The Kier molecular flexibility index (Phi) is 6.16. The number of fused-ring (bicyclic) bond motifs is 1. The third-order valence-corrected chi connectivity index (χ3v) is 5.04. The summed E-state index contributed by atoms with van der Waals surface area (Å²) in [5.74, 6) is 0.986. The van der Waals surface area contributed by atoms with Crippen LogP contribution in [0, 0.1) is 0 Å². The van der Waals surface area contributed by atoms with Crippen LogP contribution in [0.2, 0.25) is 0 Å². The van der Waals surface area contributed by atoms with Crippen molar-refractivity contribution in [1.82, 2.24) is 24.7 Å². The van der Waals surface area contributed by atoms with E-state index in [9.17, 15) is 9.59 Å². The lowest BCUT2D eigenvalue weighted by Gasteiger charge is -2.10. The van der Waals surface area contributed by atoms with Gasteiger partial charge in [-0.3, -0.25) is 9.59 Å². The molecule has 32 heavy (non-hydrogen) atoms. The summed E-state index contributed by atoms with van der Waals surface area (Å²) in [4.78, 5) is 25.1. The molecular weight excluding hydrogens is 410 g/mol. The molecule has 0 unspecified atom stereocenters. The standard InChI is InChI=1S/C23H23N5O4/c1-31-20-9-8-16(12-21(20)32-2)10-11-24-22(29)14-27-23(30)19-13-18(26-28(19)15-25-27)17-6-4-3-5-7-17/h3-9,12-13,15H,10-11,14H2,1-2H3,(H,24,29). The highest BCUT2D eigenvalue weighted by atomic mass is 16.5. The number of aromatic nitrogens is 4. The summed E-state index contributed by atoms with van der Waals surface area (Å²) in [6.45, 7) is 0.239. The average molecular weight is 433 g/mol. The van der Waals surface area contributed by atoms with Crippen molar-refractivity contribution in [1.29, 1.82) is 0 Å². The Morgan fingerprint density at radius 1 is 1.03 bits per heavy atom. The van der Waals surface area contributed by atoms with E-state index in [1.54, 1.807) is 20.3 Å². The molecule has 9 nitrogen and oxygen atoms in total. The quantitative estimate of drug-likeness (QED) is 0.456. The second-order valence-corrected chi connectivity index (χ2v) is 7.11. The zero-order valence-corrected chi connectivity index (χ0v) is 17.8. The number of ether oxygens (including phenoxy) is 2. The molecule has 2 heterocycles. The first-order valence-corrected chi connectivity index (χ1v) is 10.1. The molecule has 0 saturated heterocycles. The molecule has 4 aromatic rings. The number of nitrogens with zero attached hydrogens (tertiary/aromatic N) is 4. The molecule has 0 radical (unpaired) electrons. The molecule has 0 atom stereocenters. The number of amides is 1. The Morgan fingerprint density at radius 2 is 1.81 bits per heavy atom. The van der Waals surface area contributed by atoms with Gasteiger partial charge in [-0.25, -0.2) is 9.20 Å². The van der Waals surface area contributed by atoms with Gasteiger partial charge < -0.3 is 14.8 Å². The number of rotatable bonds is 8. The first-order chi connectivity index (χ1) is 15.6. The van der Waals surface area contributed by atoms with Crippen LogP contribution in [0.25, 0.3) is 16.8 Å². The van der Waals surface area contributed by atoms with Gasteiger partial charge in [-0.2, -0.15) is 10.2 Å². The van der Waals surface area contributed by atoms with Crippen molar-refractivity contribution < 1.29 is 14.3 Å². The summed E-state index contributed by atoms with van der Waals surface area (Å²) in [7, 11) is 3.16. The van der Waals surface area contributed by atoms with Crippen LogP contribution >= 0.6 is 0 Å². The van der Waals surface area contributed by atoms with Crippen LogP contribution in [0.15, 0.2) is 65.7 Å². The van der Waals surface area contributed by atoms with E-state index in [2.05, 4.69) is 15.5 Å². The smallest absolute Gasteiger partial charge is 0.293 e. The summed E-state index contributed by atoms with van der Waals surface area (Å²) >= 11 is 0. The lowest BCUT2D eigenvalue weighted by molar-refractivity contribution is -0.121. The van der Waals surface area contributed by atoms with Gasteiger partial charge in [-0.15, -0.1) is 0 Å². The SMILES string of the molecule is COc1ccc(CCNC(=O)Cn2ncn3nc(-c4ccccc4)cc3c2=O)cc1OC. The van der Waals surface area contributed by atoms with Crippen LogP contribution in [0.1, 0.15) is 5.56 Å². The van der Waals surface area contributed by atoms with Gasteiger partial charge in [0.25, 0.3) is 5.56 Å². The fourth-order valence-electron chi connectivity index (χ4n) is 3.38. The molecule has 0 fully saturated rings. The lowest BCUT2D eigenvalue weighted by Crippen LogP contribution is -2.35. The van der Waals surface area contributed by atoms with Crippen LogP contribution in [0.5, 0.6) is 11.5 Å². The first-order valence-electron chi connectivity index (χ1n) is 10.1. The molecule has 164 valence electrons. The highest BCUT2D eigenvalue weighted by Crippen LogP contribution is 2.27. The molecule has 9 heteroatoms. The number of nitrogens with one attached hydrogen (secondary N) is 1. The molecule has 0 spiro atoms. The molecule has 0 aliphatic carbocycles. The van der Waals surface area contributed by atoms with Crippen LogP contribution < -0.4 is 20.3 Å². The summed E-state index contributed by atoms with van der Waals surface area (Å²) in [6, 6.07) is 16.9. The molecule has 0 bridgehead atoms. The van der Waals surface area contributed by atoms with E-state index in [1.165, 1.54) is 10.8 Å². The minimum Gasteiger partial charge on any atom is -0.493 e. The highest BCUT2D eigenvalue weighted by Gasteiger charge is 2.12. The second-order valence-electron chi connectivity index (χ2n) is 7.11. The van der Waals surface area contributed by atoms with Gasteiger partial charge in [-0.05, 0) is 30.2 Å². The number of carbonyl (C=O) groups excluding carboxylic acids is 1. The monoisotopic (exact) mass is 433 g/mol. The van der Waals surface area contributed by atoms with E-state index >= 15 is 0 Å². The van der Waals surface area contributed by atoms with Crippen molar-refractivity contribution in [3.8, 4) is 22.8 Å². The van der Waals surface area contributed by atoms with E-state index in [4.69, 9.17) is 9.47 Å². The summed E-state index contributed by atoms with van der Waals surface area (Å²) in [5.41, 5.74) is 2.54. The fraction of sp³-hybridized carbons (Fsp3) is 0.217. The van der Waals surface area contributed by atoms with Crippen LogP contribution in [-0.4, -0.2) is 46.1 Å². The molecule has 4 rings (SSSR count). The van der Waals surface area contributed by atoms with Crippen LogP contribution in [0.3, 0.4) is 0 Å². The maximum absolute atomic E-state index is 12.8. The van der Waals surface area contributed by atoms with E-state index in [1.807, 2.05) is 48.5 Å². The number of hydrogen-bond donors (Lipinski definition) is 1. The van der Waals surface area contributed by atoms with Crippen molar-refractivity contribution in [3.63, 3.8) is 0 Å². The van der Waals surface area contributed by atoms with Gasteiger partial charge >= 0.3 is 0 Å². The molecule has 0 saturated carbocycles. The highest BCUT2D eigenvalue weighted by molar-refractivity contribution is 5.75. The van der Waals surface area contributed by atoms with Crippen LogP contribution in [0.4, 0.5) is 0 Å². The largest absolute Gasteiger partial charge is 0.493 e. The summed E-state index contributed by atoms with van der Waals surface area (Å²) in [6.07, 6.45) is 2.04. The molecule has 2 aromatic heterocycles. The zero-order valence-electron chi connectivity index (χ0n) is 17.8. The lowest BCUT2D eigenvalue weighted by atomic mass is 10.1. The molecule has 2 aromatic carbocycles. The topological polar surface area (TPSA) is 99.8 Å². The Morgan fingerprint density at radius 3 is 2.56 bits per heavy atom. The van der Waals surface area contributed by atoms with Crippen molar-refractivity contribution in [3.05, 3.63) is 76.8 Å². The predicted molar refractivity (Wildman–Crippen MR) is 119 cm³/mol. The predicted octanol–water partition coefficient (Wildman–Crippen LogP) is 1.93. The van der Waals surface area contributed by atoms with Crippen molar-refractivity contribution in [2.75, 3.05) is 20.8 Å². The normalized spacial score (nSPS) is 10.8. The van der Waals surface area contributed by atoms with Crippen molar-refractivity contribution in [2.24, 2.45) is 0 Å². The number of hydrogen-bond acceptors (Lipinski definition) is 6. The molecule has 0 aliphatic rings. The summed E-state index contributed by atoms with van der Waals surface area (Å²) in [5, 5.41) is 11.3.